The Morgan fingerprint density at radius 3 is 3.00 bits per heavy atom. The maximum absolute atomic E-state index is 12.5. The van der Waals surface area contributed by atoms with Gasteiger partial charge in [0.15, 0.2) is 0 Å². The van der Waals surface area contributed by atoms with Crippen LogP contribution in [0.1, 0.15) is 26.2 Å². The van der Waals surface area contributed by atoms with E-state index in [9.17, 15) is 4.79 Å². The number of likely N-dealkylation sites (tertiary alicyclic amines) is 1. The normalized spacial score (nSPS) is 24.4. The third kappa shape index (κ3) is 4.20. The van der Waals surface area contributed by atoms with Crippen LogP contribution in [-0.2, 0) is 11.8 Å². The van der Waals surface area contributed by atoms with Crippen LogP contribution in [0.3, 0.4) is 0 Å². The first-order valence-electron chi connectivity index (χ1n) is 9.02. The van der Waals surface area contributed by atoms with Crippen LogP contribution in [0.2, 0.25) is 0 Å². The number of ether oxygens (including phenoxy) is 1. The number of amides is 2. The van der Waals surface area contributed by atoms with E-state index in [4.69, 9.17) is 4.74 Å². The molecule has 1 aromatic rings. The molecule has 0 aromatic carbocycles. The Hall–Kier alpha value is -1.76. The largest absolute Gasteiger partial charge is 0.381 e. The van der Waals surface area contributed by atoms with Gasteiger partial charge in [-0.15, -0.1) is 0 Å². The predicted molar refractivity (Wildman–Crippen MR) is 93.1 cm³/mol. The van der Waals surface area contributed by atoms with E-state index in [0.717, 1.165) is 64.3 Å². The lowest BCUT2D eigenvalue weighted by atomic mass is 10.1. The van der Waals surface area contributed by atoms with Crippen LogP contribution in [0, 0.1) is 5.92 Å². The van der Waals surface area contributed by atoms with Crippen LogP contribution in [0.25, 0.3) is 0 Å². The molecule has 2 fully saturated rings. The van der Waals surface area contributed by atoms with Gasteiger partial charge in [-0.25, -0.2) is 4.79 Å². The van der Waals surface area contributed by atoms with Gasteiger partial charge in [0, 0.05) is 58.0 Å². The highest BCUT2D eigenvalue weighted by molar-refractivity contribution is 5.75. The molecule has 1 aromatic heterocycles. The van der Waals surface area contributed by atoms with Gasteiger partial charge in [-0.2, -0.15) is 5.10 Å². The van der Waals surface area contributed by atoms with E-state index in [1.807, 2.05) is 35.9 Å². The highest BCUT2D eigenvalue weighted by Gasteiger charge is 2.29. The summed E-state index contributed by atoms with van der Waals surface area (Å²) in [5, 5.41) is 7.46. The lowest BCUT2D eigenvalue weighted by Gasteiger charge is -2.34. The van der Waals surface area contributed by atoms with Gasteiger partial charge in [0.05, 0.1) is 18.5 Å². The maximum atomic E-state index is 12.5. The summed E-state index contributed by atoms with van der Waals surface area (Å²) in [5.41, 5.74) is 1.13. The van der Waals surface area contributed by atoms with Crippen LogP contribution in [-0.4, -0.2) is 66.1 Å². The van der Waals surface area contributed by atoms with E-state index in [1.165, 1.54) is 0 Å². The fourth-order valence-corrected chi connectivity index (χ4v) is 3.60. The quantitative estimate of drug-likeness (QED) is 0.885. The minimum atomic E-state index is 0.0760. The number of piperidine rings is 1. The molecule has 7 heteroatoms. The molecule has 1 N–H and O–H groups in total. The van der Waals surface area contributed by atoms with Crippen LogP contribution in [0.4, 0.5) is 10.5 Å². The number of carbonyl (C=O) groups excluding carboxylic acids is 1. The predicted octanol–water partition coefficient (Wildman–Crippen LogP) is 1.46. The molecular formula is C17H29N5O2. The van der Waals surface area contributed by atoms with Gasteiger partial charge in [-0.3, -0.25) is 4.68 Å². The lowest BCUT2D eigenvalue weighted by Crippen LogP contribution is -2.51. The van der Waals surface area contributed by atoms with Crippen molar-refractivity contribution < 1.29 is 9.53 Å². The highest BCUT2D eigenvalue weighted by Crippen LogP contribution is 2.20. The first kappa shape index (κ1) is 17.1. The monoisotopic (exact) mass is 335 g/mol. The van der Waals surface area contributed by atoms with Crippen LogP contribution >= 0.6 is 0 Å². The van der Waals surface area contributed by atoms with Crippen molar-refractivity contribution in [3.05, 3.63) is 12.4 Å². The third-order valence-corrected chi connectivity index (χ3v) is 4.94. The molecule has 0 spiro atoms. The number of aromatic nitrogens is 2. The summed E-state index contributed by atoms with van der Waals surface area (Å²) in [7, 11) is 1.93. The Morgan fingerprint density at radius 2 is 2.25 bits per heavy atom. The molecule has 2 aliphatic heterocycles. The maximum Gasteiger partial charge on any atom is 0.317 e. The smallest absolute Gasteiger partial charge is 0.317 e. The number of hydrogen-bond acceptors (Lipinski definition) is 4. The molecular weight excluding hydrogens is 306 g/mol. The van der Waals surface area contributed by atoms with Crippen molar-refractivity contribution >= 4 is 11.7 Å². The lowest BCUT2D eigenvalue weighted by molar-refractivity contribution is 0.113. The summed E-state index contributed by atoms with van der Waals surface area (Å²) in [6.45, 7) is 7.04. The first-order chi connectivity index (χ1) is 11.7. The number of nitrogens with one attached hydrogen (secondary N) is 1. The summed E-state index contributed by atoms with van der Waals surface area (Å²) >= 11 is 0. The van der Waals surface area contributed by atoms with E-state index in [-0.39, 0.29) is 12.1 Å². The van der Waals surface area contributed by atoms with Crippen molar-refractivity contribution in [1.29, 1.82) is 0 Å². The van der Waals surface area contributed by atoms with Gasteiger partial charge in [0.2, 0.25) is 0 Å². The second kappa shape index (κ2) is 7.88. The molecule has 3 heterocycles. The zero-order valence-electron chi connectivity index (χ0n) is 14.8. The van der Waals surface area contributed by atoms with Crippen molar-refractivity contribution in [3.63, 3.8) is 0 Å². The Bertz CT molecular complexity index is 547. The molecule has 3 rings (SSSR count). The Kier molecular flexibility index (Phi) is 5.60. The van der Waals surface area contributed by atoms with Gasteiger partial charge in [-0.1, -0.05) is 0 Å². The molecule has 2 saturated heterocycles. The number of carbonyl (C=O) groups is 1. The Labute approximate surface area is 143 Å². The Morgan fingerprint density at radius 1 is 1.38 bits per heavy atom. The van der Waals surface area contributed by atoms with Gasteiger partial charge >= 0.3 is 6.03 Å². The number of urea groups is 1. The van der Waals surface area contributed by atoms with Crippen LogP contribution in [0.5, 0.6) is 0 Å². The van der Waals surface area contributed by atoms with Crippen molar-refractivity contribution in [2.45, 2.75) is 32.2 Å². The van der Waals surface area contributed by atoms with E-state index in [0.29, 0.717) is 5.92 Å². The zero-order valence-corrected chi connectivity index (χ0v) is 14.8. The highest BCUT2D eigenvalue weighted by atomic mass is 16.5. The van der Waals surface area contributed by atoms with Crippen LogP contribution < -0.4 is 10.2 Å². The van der Waals surface area contributed by atoms with Gasteiger partial charge in [0.25, 0.3) is 0 Å². The molecule has 0 aliphatic carbocycles. The molecule has 134 valence electrons. The molecule has 7 nitrogen and oxygen atoms in total. The second-order valence-corrected chi connectivity index (χ2v) is 6.87. The van der Waals surface area contributed by atoms with Crippen molar-refractivity contribution in [2.24, 2.45) is 13.0 Å². The average Bonchev–Trinajstić information content (AvgIpc) is 3.22. The average molecular weight is 335 g/mol. The minimum Gasteiger partial charge on any atom is -0.381 e. The van der Waals surface area contributed by atoms with E-state index in [2.05, 4.69) is 15.3 Å². The zero-order chi connectivity index (χ0) is 16.9. The summed E-state index contributed by atoms with van der Waals surface area (Å²) in [6, 6.07) is 0.282. The van der Waals surface area contributed by atoms with Gasteiger partial charge in [-0.05, 0) is 26.2 Å². The summed E-state index contributed by atoms with van der Waals surface area (Å²) < 4.78 is 7.31. The molecule has 2 atom stereocenters. The third-order valence-electron chi connectivity index (χ3n) is 4.94. The van der Waals surface area contributed by atoms with Gasteiger partial charge in [0.1, 0.15) is 0 Å². The molecule has 0 bridgehead atoms. The van der Waals surface area contributed by atoms with Crippen molar-refractivity contribution in [2.75, 3.05) is 44.3 Å². The number of anilines is 1. The number of hydrogen-bond donors (Lipinski definition) is 1. The van der Waals surface area contributed by atoms with E-state index < -0.39 is 0 Å². The first-order valence-corrected chi connectivity index (χ1v) is 9.02. The molecule has 0 radical (unpaired) electrons. The molecule has 2 aliphatic rings. The molecule has 0 saturated carbocycles. The summed E-state index contributed by atoms with van der Waals surface area (Å²) in [6.07, 6.45) is 7.09. The second-order valence-electron chi connectivity index (χ2n) is 6.87. The number of rotatable bonds is 5. The van der Waals surface area contributed by atoms with Crippen LogP contribution in [0.15, 0.2) is 12.4 Å². The SMILES string of the molecule is CCOCC1CCN(C(=O)NC2CCCN(c3cnn(C)c3)C2)C1. The minimum absolute atomic E-state index is 0.0760. The number of aryl methyl sites for hydroxylation is 1. The summed E-state index contributed by atoms with van der Waals surface area (Å²) in [4.78, 5) is 16.8. The molecule has 24 heavy (non-hydrogen) atoms. The summed E-state index contributed by atoms with van der Waals surface area (Å²) in [5.74, 6) is 0.481. The topological polar surface area (TPSA) is 62.6 Å². The van der Waals surface area contributed by atoms with Gasteiger partial charge < -0.3 is 19.9 Å². The standard InChI is InChI=1S/C17H29N5O2/c1-3-24-13-14-6-8-22(10-14)17(23)19-15-5-4-7-21(11-15)16-9-18-20(2)12-16/h9,12,14-15H,3-8,10-11,13H2,1-2H3,(H,19,23). The fraction of sp³-hybridized carbons (Fsp3) is 0.765. The van der Waals surface area contributed by atoms with Crippen molar-refractivity contribution in [1.82, 2.24) is 20.0 Å². The van der Waals surface area contributed by atoms with Crippen molar-refractivity contribution in [3.8, 4) is 0 Å². The molecule has 2 amide bonds. The Balaban J connectivity index is 1.48. The fourth-order valence-electron chi connectivity index (χ4n) is 3.60. The van der Waals surface area contributed by atoms with E-state index >= 15 is 0 Å². The van der Waals surface area contributed by atoms with E-state index in [1.54, 1.807) is 0 Å². The molecule has 2 unspecified atom stereocenters. The number of nitrogens with zero attached hydrogens (tertiary/aromatic N) is 4.